The van der Waals surface area contributed by atoms with E-state index in [0.29, 0.717) is 11.5 Å². The average molecular weight is 244 g/mol. The number of nitriles is 1. The number of hydrogen-bond donors (Lipinski definition) is 1. The van der Waals surface area contributed by atoms with Crippen molar-refractivity contribution in [3.63, 3.8) is 0 Å². The predicted octanol–water partition coefficient (Wildman–Crippen LogP) is 2.85. The molecule has 0 amide bonds. The molecule has 1 heterocycles. The molecule has 0 radical (unpaired) electrons. The van der Waals surface area contributed by atoms with Crippen LogP contribution in [0.5, 0.6) is 0 Å². The number of aliphatic hydroxyl groups excluding tert-OH is 1. The van der Waals surface area contributed by atoms with Crippen molar-refractivity contribution in [1.29, 1.82) is 5.26 Å². The molecule has 1 unspecified atom stereocenters. The van der Waals surface area contributed by atoms with Crippen LogP contribution in [0.1, 0.15) is 43.9 Å². The fraction of sp³-hybridized carbons (Fsp3) is 0.533. The summed E-state index contributed by atoms with van der Waals surface area (Å²) < 4.78 is 0. The van der Waals surface area contributed by atoms with Crippen molar-refractivity contribution in [2.24, 2.45) is 5.92 Å². The van der Waals surface area contributed by atoms with Crippen LogP contribution in [0.4, 0.5) is 5.69 Å². The van der Waals surface area contributed by atoms with Crippen LogP contribution in [-0.4, -0.2) is 18.2 Å². The second-order valence-electron chi connectivity index (χ2n) is 5.25. The molecule has 2 atom stereocenters. The lowest BCUT2D eigenvalue weighted by Gasteiger charge is -2.34. The SMILES string of the molecule is CC1CCCN(c2cc(C#N)ccc2[C@H](C)O)C1. The van der Waals surface area contributed by atoms with Crippen LogP contribution in [-0.2, 0) is 0 Å². The Kier molecular flexibility index (Phi) is 3.88. The molecule has 96 valence electrons. The zero-order valence-corrected chi connectivity index (χ0v) is 11.1. The van der Waals surface area contributed by atoms with Gasteiger partial charge in [-0.3, -0.25) is 0 Å². The normalized spacial score (nSPS) is 21.4. The van der Waals surface area contributed by atoms with Crippen molar-refractivity contribution in [1.82, 2.24) is 0 Å². The molecule has 1 fully saturated rings. The highest BCUT2D eigenvalue weighted by Crippen LogP contribution is 2.30. The largest absolute Gasteiger partial charge is 0.389 e. The Morgan fingerprint density at radius 3 is 2.89 bits per heavy atom. The van der Waals surface area contributed by atoms with Gasteiger partial charge in [-0.05, 0) is 37.8 Å². The van der Waals surface area contributed by atoms with E-state index in [0.717, 1.165) is 24.3 Å². The highest BCUT2D eigenvalue weighted by molar-refractivity contribution is 5.58. The molecule has 1 aromatic carbocycles. The van der Waals surface area contributed by atoms with Crippen LogP contribution >= 0.6 is 0 Å². The number of anilines is 1. The number of aliphatic hydroxyl groups is 1. The number of hydrogen-bond acceptors (Lipinski definition) is 3. The first-order valence-electron chi connectivity index (χ1n) is 6.59. The van der Waals surface area contributed by atoms with E-state index in [2.05, 4.69) is 17.9 Å². The van der Waals surface area contributed by atoms with Gasteiger partial charge in [0.1, 0.15) is 0 Å². The molecule has 0 aliphatic carbocycles. The molecule has 18 heavy (non-hydrogen) atoms. The van der Waals surface area contributed by atoms with Gasteiger partial charge in [-0.15, -0.1) is 0 Å². The van der Waals surface area contributed by atoms with E-state index in [1.165, 1.54) is 12.8 Å². The first kappa shape index (κ1) is 12.9. The van der Waals surface area contributed by atoms with Crippen LogP contribution in [0.25, 0.3) is 0 Å². The third-order valence-corrected chi connectivity index (χ3v) is 3.61. The third-order valence-electron chi connectivity index (χ3n) is 3.61. The van der Waals surface area contributed by atoms with Gasteiger partial charge in [0, 0.05) is 24.3 Å². The molecule has 0 saturated carbocycles. The van der Waals surface area contributed by atoms with Crippen LogP contribution in [0, 0.1) is 17.2 Å². The van der Waals surface area contributed by atoms with E-state index in [9.17, 15) is 5.11 Å². The maximum atomic E-state index is 9.86. The number of piperidine rings is 1. The van der Waals surface area contributed by atoms with Gasteiger partial charge in [0.05, 0.1) is 17.7 Å². The van der Waals surface area contributed by atoms with Gasteiger partial charge in [-0.25, -0.2) is 0 Å². The quantitative estimate of drug-likeness (QED) is 0.870. The molecule has 3 nitrogen and oxygen atoms in total. The van der Waals surface area contributed by atoms with E-state index in [4.69, 9.17) is 5.26 Å². The molecule has 2 rings (SSSR count). The van der Waals surface area contributed by atoms with Crippen LogP contribution in [0.3, 0.4) is 0 Å². The van der Waals surface area contributed by atoms with Crippen molar-refractivity contribution in [2.45, 2.75) is 32.8 Å². The van der Waals surface area contributed by atoms with E-state index >= 15 is 0 Å². The Bertz CT molecular complexity index is 462. The van der Waals surface area contributed by atoms with Gasteiger partial charge in [0.2, 0.25) is 0 Å². The summed E-state index contributed by atoms with van der Waals surface area (Å²) in [5, 5.41) is 18.9. The predicted molar refractivity (Wildman–Crippen MR) is 72.4 cm³/mol. The fourth-order valence-corrected chi connectivity index (χ4v) is 2.65. The minimum atomic E-state index is -0.495. The second kappa shape index (κ2) is 5.41. The van der Waals surface area contributed by atoms with Crippen molar-refractivity contribution in [3.8, 4) is 6.07 Å². The number of benzene rings is 1. The summed E-state index contributed by atoms with van der Waals surface area (Å²) >= 11 is 0. The summed E-state index contributed by atoms with van der Waals surface area (Å²) in [5.74, 6) is 0.673. The van der Waals surface area contributed by atoms with Gasteiger partial charge in [0.25, 0.3) is 0 Å². The molecule has 1 aromatic rings. The maximum absolute atomic E-state index is 9.86. The van der Waals surface area contributed by atoms with E-state index < -0.39 is 6.10 Å². The first-order valence-corrected chi connectivity index (χ1v) is 6.59. The summed E-state index contributed by atoms with van der Waals surface area (Å²) in [7, 11) is 0. The molecular weight excluding hydrogens is 224 g/mol. The summed E-state index contributed by atoms with van der Waals surface area (Å²) in [5.41, 5.74) is 2.60. The third kappa shape index (κ3) is 2.65. The molecule has 1 N–H and O–H groups in total. The lowest BCUT2D eigenvalue weighted by Crippen LogP contribution is -2.35. The second-order valence-corrected chi connectivity index (χ2v) is 5.25. The highest BCUT2D eigenvalue weighted by atomic mass is 16.3. The van der Waals surface area contributed by atoms with E-state index in [1.54, 1.807) is 13.0 Å². The van der Waals surface area contributed by atoms with Gasteiger partial charge < -0.3 is 10.0 Å². The molecule has 1 aliphatic rings. The summed E-state index contributed by atoms with van der Waals surface area (Å²) in [4.78, 5) is 2.30. The topological polar surface area (TPSA) is 47.3 Å². The molecule has 1 saturated heterocycles. The van der Waals surface area contributed by atoms with Gasteiger partial charge in [-0.1, -0.05) is 13.0 Å². The molecular formula is C15H20N2O. The van der Waals surface area contributed by atoms with E-state index in [1.807, 2.05) is 12.1 Å². The Morgan fingerprint density at radius 2 is 2.28 bits per heavy atom. The smallest absolute Gasteiger partial charge is 0.0992 e. The molecule has 0 bridgehead atoms. The molecule has 1 aliphatic heterocycles. The minimum Gasteiger partial charge on any atom is -0.389 e. The van der Waals surface area contributed by atoms with Crippen molar-refractivity contribution in [2.75, 3.05) is 18.0 Å². The molecule has 0 spiro atoms. The monoisotopic (exact) mass is 244 g/mol. The van der Waals surface area contributed by atoms with Crippen molar-refractivity contribution < 1.29 is 5.11 Å². The Balaban J connectivity index is 2.37. The molecule has 3 heteroatoms. The lowest BCUT2D eigenvalue weighted by atomic mass is 9.97. The summed E-state index contributed by atoms with van der Waals surface area (Å²) in [6, 6.07) is 7.73. The Hall–Kier alpha value is -1.53. The maximum Gasteiger partial charge on any atom is 0.0992 e. The van der Waals surface area contributed by atoms with E-state index in [-0.39, 0.29) is 0 Å². The van der Waals surface area contributed by atoms with Crippen molar-refractivity contribution in [3.05, 3.63) is 29.3 Å². The Morgan fingerprint density at radius 1 is 1.50 bits per heavy atom. The fourth-order valence-electron chi connectivity index (χ4n) is 2.65. The van der Waals surface area contributed by atoms with Crippen LogP contribution in [0.15, 0.2) is 18.2 Å². The van der Waals surface area contributed by atoms with Gasteiger partial charge in [0.15, 0.2) is 0 Å². The van der Waals surface area contributed by atoms with Gasteiger partial charge >= 0.3 is 0 Å². The average Bonchev–Trinajstić information content (AvgIpc) is 2.38. The molecule has 0 aromatic heterocycles. The standard InChI is InChI=1S/C15H20N2O/c1-11-4-3-7-17(10-11)15-8-13(9-16)5-6-14(15)12(2)18/h5-6,8,11-12,18H,3-4,7,10H2,1-2H3/t11?,12-/m0/s1. The zero-order chi connectivity index (χ0) is 13.1. The first-order chi connectivity index (χ1) is 8.61. The van der Waals surface area contributed by atoms with Crippen LogP contribution in [0.2, 0.25) is 0 Å². The summed E-state index contributed by atoms with van der Waals surface area (Å²) in [6.07, 6.45) is 1.94. The van der Waals surface area contributed by atoms with Crippen LogP contribution < -0.4 is 4.90 Å². The van der Waals surface area contributed by atoms with Crippen molar-refractivity contribution >= 4 is 5.69 Å². The number of rotatable bonds is 2. The van der Waals surface area contributed by atoms with Gasteiger partial charge in [-0.2, -0.15) is 5.26 Å². The highest BCUT2D eigenvalue weighted by Gasteiger charge is 2.20. The Labute approximate surface area is 109 Å². The minimum absolute atomic E-state index is 0.495. The summed E-state index contributed by atoms with van der Waals surface area (Å²) in [6.45, 7) is 6.05. The number of nitrogens with zero attached hydrogens (tertiary/aromatic N) is 2. The zero-order valence-electron chi connectivity index (χ0n) is 11.1. The lowest BCUT2D eigenvalue weighted by molar-refractivity contribution is 0.199.